The molecule has 3 N–H and O–H groups in total. The normalized spacial score (nSPS) is 14.5. The van der Waals surface area contributed by atoms with Crippen LogP contribution in [0, 0.1) is 0 Å². The molecule has 0 spiro atoms. The number of rotatable bonds is 6. The maximum absolute atomic E-state index is 12.6. The first kappa shape index (κ1) is 22.0. The van der Waals surface area contributed by atoms with Crippen molar-refractivity contribution in [3.8, 4) is 0 Å². The molecule has 4 rings (SSSR count). The van der Waals surface area contributed by atoms with Gasteiger partial charge in [0.05, 0.1) is 11.7 Å². The molecule has 0 unspecified atom stereocenters. The van der Waals surface area contributed by atoms with Crippen LogP contribution in [0.2, 0.25) is 0 Å². The van der Waals surface area contributed by atoms with E-state index in [9.17, 15) is 13.2 Å². The number of fused-ring (bicyclic) bond motifs is 1. The first-order valence-corrected chi connectivity index (χ1v) is 11.4. The smallest absolute Gasteiger partial charge is 0.242 e. The fourth-order valence-corrected chi connectivity index (χ4v) is 5.09. The molecule has 2 aromatic heterocycles. The van der Waals surface area contributed by atoms with E-state index in [4.69, 9.17) is 0 Å². The third-order valence-corrected chi connectivity index (χ3v) is 6.86. The van der Waals surface area contributed by atoms with E-state index >= 15 is 0 Å². The predicted molar refractivity (Wildman–Crippen MR) is 114 cm³/mol. The zero-order chi connectivity index (χ0) is 20.3. The first-order chi connectivity index (χ1) is 14.0. The molecule has 0 saturated carbocycles. The van der Waals surface area contributed by atoms with E-state index in [0.717, 1.165) is 30.5 Å². The Hall–Kier alpha value is -2.67. The van der Waals surface area contributed by atoms with Gasteiger partial charge in [-0.05, 0) is 24.3 Å². The quantitative estimate of drug-likeness (QED) is 0.569. The number of sulfonamides is 1. The van der Waals surface area contributed by atoms with Gasteiger partial charge in [-0.1, -0.05) is 6.07 Å². The second-order valence-corrected chi connectivity index (χ2v) is 8.87. The summed E-state index contributed by atoms with van der Waals surface area (Å²) in [5, 5.41) is 0. The average Bonchev–Trinajstić information content (AvgIpc) is 3.23. The van der Waals surface area contributed by atoms with Gasteiger partial charge in [0.2, 0.25) is 15.9 Å². The molecular weight excluding hydrogens is 428 g/mol. The molecule has 10 nitrogen and oxygen atoms in total. The Morgan fingerprint density at radius 2 is 1.80 bits per heavy atom. The number of piperazine rings is 1. The number of aromatic nitrogens is 3. The minimum absolute atomic E-state index is 0. The van der Waals surface area contributed by atoms with Crippen LogP contribution in [0.25, 0.3) is 11.0 Å². The standard InChI is InChI=1S/C18H20N6O3S2.H2O/c25-17(24-12-10-23(11-13-24)14-4-7-19-8-5-14)6-9-20-29(26,27)16-3-1-2-15-18(16)22-28-21-15;/h1-5,7-8,20H,6,9-13H2;1H2. The molecule has 1 fully saturated rings. The second-order valence-electron chi connectivity index (χ2n) is 6.61. The van der Waals surface area contributed by atoms with Crippen molar-refractivity contribution in [2.75, 3.05) is 37.6 Å². The van der Waals surface area contributed by atoms with E-state index in [1.54, 1.807) is 29.4 Å². The van der Waals surface area contributed by atoms with Crippen LogP contribution in [0.1, 0.15) is 6.42 Å². The summed E-state index contributed by atoms with van der Waals surface area (Å²) in [4.78, 5) is 20.6. The summed E-state index contributed by atoms with van der Waals surface area (Å²) in [5.41, 5.74) is 1.98. The highest BCUT2D eigenvalue weighted by Gasteiger charge is 2.23. The van der Waals surface area contributed by atoms with Crippen LogP contribution >= 0.6 is 11.7 Å². The molecule has 160 valence electrons. The van der Waals surface area contributed by atoms with Crippen LogP contribution < -0.4 is 9.62 Å². The zero-order valence-electron chi connectivity index (χ0n) is 16.1. The minimum Gasteiger partial charge on any atom is -0.412 e. The molecule has 0 aliphatic carbocycles. The number of carbonyl (C=O) groups is 1. The number of hydrogen-bond donors (Lipinski definition) is 1. The number of hydrogen-bond acceptors (Lipinski definition) is 8. The van der Waals surface area contributed by atoms with Crippen LogP contribution in [0.15, 0.2) is 47.6 Å². The third-order valence-electron chi connectivity index (χ3n) is 4.83. The minimum atomic E-state index is -3.76. The molecule has 12 heteroatoms. The van der Waals surface area contributed by atoms with Crippen LogP contribution in [0.4, 0.5) is 5.69 Å². The molecule has 1 saturated heterocycles. The van der Waals surface area contributed by atoms with Crippen molar-refractivity contribution >= 4 is 44.4 Å². The lowest BCUT2D eigenvalue weighted by molar-refractivity contribution is -0.131. The number of pyridine rings is 1. The number of nitrogens with zero attached hydrogens (tertiary/aromatic N) is 5. The van der Waals surface area contributed by atoms with E-state index in [-0.39, 0.29) is 29.2 Å². The summed E-state index contributed by atoms with van der Waals surface area (Å²) in [6.45, 7) is 2.73. The van der Waals surface area contributed by atoms with Gasteiger partial charge in [0, 0.05) is 57.2 Å². The molecule has 1 aromatic carbocycles. The predicted octanol–water partition coefficient (Wildman–Crippen LogP) is 0.279. The van der Waals surface area contributed by atoms with Crippen LogP contribution in [0.3, 0.4) is 0 Å². The van der Waals surface area contributed by atoms with Crippen molar-refractivity contribution in [2.45, 2.75) is 11.3 Å². The van der Waals surface area contributed by atoms with Crippen molar-refractivity contribution in [1.29, 1.82) is 0 Å². The van der Waals surface area contributed by atoms with Gasteiger partial charge >= 0.3 is 0 Å². The van der Waals surface area contributed by atoms with Crippen molar-refractivity contribution in [1.82, 2.24) is 23.4 Å². The van der Waals surface area contributed by atoms with E-state index in [1.807, 2.05) is 12.1 Å². The Bertz CT molecular complexity index is 1100. The molecule has 3 aromatic rings. The number of anilines is 1. The van der Waals surface area contributed by atoms with Gasteiger partial charge in [-0.2, -0.15) is 8.75 Å². The largest absolute Gasteiger partial charge is 0.412 e. The Balaban J connectivity index is 0.00000256. The Labute approximate surface area is 178 Å². The molecule has 0 atom stereocenters. The summed E-state index contributed by atoms with van der Waals surface area (Å²) in [7, 11) is -3.76. The summed E-state index contributed by atoms with van der Waals surface area (Å²) in [6.07, 6.45) is 3.61. The number of nitrogens with one attached hydrogen (secondary N) is 1. The molecular formula is C18H22N6O4S2. The average molecular weight is 451 g/mol. The summed E-state index contributed by atoms with van der Waals surface area (Å²) in [5.74, 6) is -0.0596. The van der Waals surface area contributed by atoms with E-state index in [0.29, 0.717) is 24.1 Å². The highest BCUT2D eigenvalue weighted by Crippen LogP contribution is 2.21. The first-order valence-electron chi connectivity index (χ1n) is 9.18. The second kappa shape index (κ2) is 9.43. The van der Waals surface area contributed by atoms with Crippen LogP contribution in [-0.4, -0.2) is 71.2 Å². The lowest BCUT2D eigenvalue weighted by atomic mass is 10.2. The SMILES string of the molecule is O.O=C(CCNS(=O)(=O)c1cccc2nsnc12)N1CCN(c2ccncc2)CC1. The van der Waals surface area contributed by atoms with Crippen LogP contribution in [0.5, 0.6) is 0 Å². The topological polar surface area (TPSA) is 140 Å². The van der Waals surface area contributed by atoms with Crippen molar-refractivity contribution in [3.05, 3.63) is 42.7 Å². The Kier molecular flexibility index (Phi) is 6.92. The Morgan fingerprint density at radius 3 is 2.53 bits per heavy atom. The summed E-state index contributed by atoms with van der Waals surface area (Å²) >= 11 is 0.969. The van der Waals surface area contributed by atoms with Gasteiger partial charge in [-0.15, -0.1) is 0 Å². The monoisotopic (exact) mass is 450 g/mol. The van der Waals surface area contributed by atoms with E-state index < -0.39 is 10.0 Å². The van der Waals surface area contributed by atoms with E-state index in [1.165, 1.54) is 6.07 Å². The number of benzene rings is 1. The number of amides is 1. The lowest BCUT2D eigenvalue weighted by Crippen LogP contribution is -2.49. The zero-order valence-corrected chi connectivity index (χ0v) is 17.7. The fraction of sp³-hybridized carbons (Fsp3) is 0.333. The van der Waals surface area contributed by atoms with E-state index in [2.05, 4.69) is 23.4 Å². The summed E-state index contributed by atoms with van der Waals surface area (Å²) in [6, 6.07) is 8.74. The van der Waals surface area contributed by atoms with Gasteiger partial charge in [-0.3, -0.25) is 9.78 Å². The fourth-order valence-electron chi connectivity index (χ4n) is 3.30. The van der Waals surface area contributed by atoms with Gasteiger partial charge < -0.3 is 15.3 Å². The van der Waals surface area contributed by atoms with Gasteiger partial charge in [0.25, 0.3) is 0 Å². The molecule has 0 bridgehead atoms. The molecule has 1 aliphatic rings. The van der Waals surface area contributed by atoms with Gasteiger partial charge in [-0.25, -0.2) is 13.1 Å². The Morgan fingerprint density at radius 1 is 1.07 bits per heavy atom. The molecule has 1 amide bonds. The van der Waals surface area contributed by atoms with Crippen molar-refractivity contribution in [3.63, 3.8) is 0 Å². The van der Waals surface area contributed by atoms with Gasteiger partial charge in [0.15, 0.2) is 0 Å². The van der Waals surface area contributed by atoms with Gasteiger partial charge in [0.1, 0.15) is 15.9 Å². The van der Waals surface area contributed by atoms with Crippen molar-refractivity contribution in [2.24, 2.45) is 0 Å². The maximum atomic E-state index is 12.6. The maximum Gasteiger partial charge on any atom is 0.242 e. The molecule has 3 heterocycles. The molecule has 1 aliphatic heterocycles. The highest BCUT2D eigenvalue weighted by atomic mass is 32.2. The number of carbonyl (C=O) groups excluding carboxylic acids is 1. The lowest BCUT2D eigenvalue weighted by Gasteiger charge is -2.36. The third kappa shape index (κ3) is 4.73. The molecule has 0 radical (unpaired) electrons. The van der Waals surface area contributed by atoms with Crippen molar-refractivity contribution < 1.29 is 18.7 Å². The molecule has 30 heavy (non-hydrogen) atoms. The highest BCUT2D eigenvalue weighted by molar-refractivity contribution is 7.89. The summed E-state index contributed by atoms with van der Waals surface area (Å²) < 4.78 is 35.8. The van der Waals surface area contributed by atoms with Crippen LogP contribution in [-0.2, 0) is 14.8 Å².